The van der Waals surface area contributed by atoms with Crippen molar-refractivity contribution in [2.24, 2.45) is 23.7 Å². The topological polar surface area (TPSA) is 88.5 Å². The average molecular weight is 453 g/mol. The van der Waals surface area contributed by atoms with E-state index < -0.39 is 12.1 Å². The van der Waals surface area contributed by atoms with Crippen LogP contribution in [0.1, 0.15) is 67.7 Å². The van der Waals surface area contributed by atoms with E-state index >= 15 is 0 Å². The number of aliphatic hydroxyl groups is 1. The summed E-state index contributed by atoms with van der Waals surface area (Å²) in [5.41, 5.74) is 0.928. The van der Waals surface area contributed by atoms with Crippen molar-refractivity contribution in [1.82, 2.24) is 0 Å². The molecule has 184 valence electrons. The van der Waals surface area contributed by atoms with Crippen molar-refractivity contribution in [3.63, 3.8) is 0 Å². The van der Waals surface area contributed by atoms with Gasteiger partial charge in [0.2, 0.25) is 0 Å². The lowest BCUT2D eigenvalue weighted by atomic mass is 9.80. The molecule has 2 aliphatic rings. The van der Waals surface area contributed by atoms with Crippen molar-refractivity contribution in [1.29, 1.82) is 0 Å². The number of aliphatic hydroxyl groups excluding tert-OH is 1. The van der Waals surface area contributed by atoms with Gasteiger partial charge in [0, 0.05) is 13.0 Å². The lowest BCUT2D eigenvalue weighted by Crippen LogP contribution is -2.40. The molecule has 0 aromatic heterocycles. The zero-order chi connectivity index (χ0) is 24.2. The molecule has 32 heavy (non-hydrogen) atoms. The lowest BCUT2D eigenvalue weighted by Gasteiger charge is -2.39. The molecule has 6 heteroatoms. The SMILES string of the molecule is CO[C@H]([C@@H](C)[C@H]1O[C@]1(C)C[C@H](C)/C=C/C=C(\C)[C@H]1O[C@@H](CC(=O)O)CC(C)[C@@H]1C)[C@@H](C)O. The van der Waals surface area contributed by atoms with E-state index in [0.29, 0.717) is 17.8 Å². The first kappa shape index (κ1) is 27.0. The first-order valence-corrected chi connectivity index (χ1v) is 12.0. The largest absolute Gasteiger partial charge is 0.481 e. The Kier molecular flexibility index (Phi) is 9.53. The summed E-state index contributed by atoms with van der Waals surface area (Å²) in [5.74, 6) is 0.421. The molecule has 2 N–H and O–H groups in total. The molecule has 0 saturated carbocycles. The summed E-state index contributed by atoms with van der Waals surface area (Å²) < 4.78 is 17.7. The highest BCUT2D eigenvalue weighted by molar-refractivity contribution is 5.67. The quantitative estimate of drug-likeness (QED) is 0.352. The van der Waals surface area contributed by atoms with E-state index in [1.807, 2.05) is 0 Å². The number of epoxide rings is 1. The third-order valence-corrected chi connectivity index (χ3v) is 7.41. The number of allylic oxidation sites excluding steroid dienone is 3. The summed E-state index contributed by atoms with van der Waals surface area (Å²) in [6, 6.07) is 0. The summed E-state index contributed by atoms with van der Waals surface area (Å²) >= 11 is 0. The smallest absolute Gasteiger partial charge is 0.305 e. The maximum Gasteiger partial charge on any atom is 0.305 e. The van der Waals surface area contributed by atoms with E-state index in [2.05, 4.69) is 59.8 Å². The molecule has 2 rings (SSSR count). The van der Waals surface area contributed by atoms with Crippen LogP contribution in [0.3, 0.4) is 0 Å². The van der Waals surface area contributed by atoms with E-state index in [0.717, 1.165) is 18.4 Å². The highest BCUT2D eigenvalue weighted by atomic mass is 16.6. The van der Waals surface area contributed by atoms with E-state index in [1.165, 1.54) is 0 Å². The van der Waals surface area contributed by atoms with Gasteiger partial charge in [0.25, 0.3) is 0 Å². The van der Waals surface area contributed by atoms with Gasteiger partial charge >= 0.3 is 5.97 Å². The van der Waals surface area contributed by atoms with Crippen LogP contribution in [0.15, 0.2) is 23.8 Å². The minimum absolute atomic E-state index is 0.0518. The monoisotopic (exact) mass is 452 g/mol. The van der Waals surface area contributed by atoms with Gasteiger partial charge in [-0.25, -0.2) is 0 Å². The molecule has 1 unspecified atom stereocenters. The zero-order valence-electron chi connectivity index (χ0n) is 21.1. The van der Waals surface area contributed by atoms with Gasteiger partial charge < -0.3 is 24.4 Å². The highest BCUT2D eigenvalue weighted by Gasteiger charge is 2.56. The van der Waals surface area contributed by atoms with E-state index in [4.69, 9.17) is 19.3 Å². The number of hydrogen-bond donors (Lipinski definition) is 2. The van der Waals surface area contributed by atoms with Gasteiger partial charge in [-0.05, 0) is 56.9 Å². The third kappa shape index (κ3) is 6.89. The first-order valence-electron chi connectivity index (χ1n) is 12.0. The van der Waals surface area contributed by atoms with Crippen molar-refractivity contribution in [2.75, 3.05) is 7.11 Å². The second-order valence-electron chi connectivity index (χ2n) is 10.5. The molecule has 10 atom stereocenters. The maximum absolute atomic E-state index is 11.1. The molecular weight excluding hydrogens is 408 g/mol. The number of aliphatic carboxylic acids is 1. The number of ether oxygens (including phenoxy) is 3. The van der Waals surface area contributed by atoms with Crippen molar-refractivity contribution in [3.8, 4) is 0 Å². The van der Waals surface area contributed by atoms with Crippen LogP contribution in [0, 0.1) is 23.7 Å². The predicted molar refractivity (Wildman–Crippen MR) is 125 cm³/mol. The Balaban J connectivity index is 1.93. The highest BCUT2D eigenvalue weighted by Crippen LogP contribution is 2.47. The summed E-state index contributed by atoms with van der Waals surface area (Å²) in [5, 5.41) is 19.1. The molecule has 2 aliphatic heterocycles. The molecule has 2 fully saturated rings. The average Bonchev–Trinajstić information content (AvgIpc) is 3.34. The molecule has 0 spiro atoms. The first-order chi connectivity index (χ1) is 14.9. The Labute approximate surface area is 194 Å². The molecule has 0 aliphatic carbocycles. The van der Waals surface area contributed by atoms with Crippen molar-refractivity contribution >= 4 is 5.97 Å². The zero-order valence-corrected chi connectivity index (χ0v) is 21.1. The number of rotatable bonds is 11. The van der Waals surface area contributed by atoms with Crippen LogP contribution in [0.2, 0.25) is 0 Å². The van der Waals surface area contributed by atoms with Crippen LogP contribution >= 0.6 is 0 Å². The Morgan fingerprint density at radius 3 is 2.50 bits per heavy atom. The van der Waals surface area contributed by atoms with Gasteiger partial charge in [0.05, 0.1) is 42.5 Å². The number of carboxylic acid groups (broad SMARTS) is 1. The van der Waals surface area contributed by atoms with Crippen LogP contribution in [0.5, 0.6) is 0 Å². The number of carbonyl (C=O) groups is 1. The van der Waals surface area contributed by atoms with Crippen LogP contribution in [-0.4, -0.2) is 59.4 Å². The second-order valence-corrected chi connectivity index (χ2v) is 10.5. The van der Waals surface area contributed by atoms with Gasteiger partial charge in [-0.3, -0.25) is 4.79 Å². The number of methoxy groups -OCH3 is 1. The Bertz CT molecular complexity index is 686. The third-order valence-electron chi connectivity index (χ3n) is 7.41. The van der Waals surface area contributed by atoms with Crippen LogP contribution in [-0.2, 0) is 19.0 Å². The van der Waals surface area contributed by atoms with E-state index in [-0.39, 0.29) is 42.4 Å². The molecule has 0 radical (unpaired) electrons. The lowest BCUT2D eigenvalue weighted by molar-refractivity contribution is -0.145. The van der Waals surface area contributed by atoms with Crippen molar-refractivity contribution in [2.45, 2.75) is 104 Å². The molecule has 2 heterocycles. The molecule has 6 nitrogen and oxygen atoms in total. The van der Waals surface area contributed by atoms with Gasteiger partial charge in [-0.2, -0.15) is 0 Å². The second kappa shape index (κ2) is 11.3. The fourth-order valence-corrected chi connectivity index (χ4v) is 5.47. The van der Waals surface area contributed by atoms with Crippen molar-refractivity contribution in [3.05, 3.63) is 23.8 Å². The molecule has 0 amide bonds. The Hall–Kier alpha value is -1.21. The molecule has 2 saturated heterocycles. The predicted octanol–water partition coefficient (Wildman–Crippen LogP) is 4.61. The fourth-order valence-electron chi connectivity index (χ4n) is 5.47. The Morgan fingerprint density at radius 1 is 1.28 bits per heavy atom. The standard InChI is InChI=1S/C26H44O6/c1-15(14-26(7)25(32-26)19(5)24(30-8)20(6)27)10-9-11-16(2)23-18(4)17(3)12-21(31-23)13-22(28)29/h9-11,15,17-21,23-25,27H,12-14H2,1-8H3,(H,28,29)/b10-9+,16-11+/t15-,17?,18+,19-,20-,21-,23-,24-,25-,26-/m1/s1. The van der Waals surface area contributed by atoms with Gasteiger partial charge in [-0.15, -0.1) is 0 Å². The van der Waals surface area contributed by atoms with Crippen LogP contribution < -0.4 is 0 Å². The molecule has 0 aromatic rings. The van der Waals surface area contributed by atoms with Crippen LogP contribution in [0.25, 0.3) is 0 Å². The van der Waals surface area contributed by atoms with Gasteiger partial charge in [-0.1, -0.05) is 45.9 Å². The minimum Gasteiger partial charge on any atom is -0.481 e. The van der Waals surface area contributed by atoms with Crippen molar-refractivity contribution < 1.29 is 29.2 Å². The summed E-state index contributed by atoms with van der Waals surface area (Å²) in [4.78, 5) is 11.1. The molecule has 0 bridgehead atoms. The number of hydrogen-bond acceptors (Lipinski definition) is 5. The van der Waals surface area contributed by atoms with Crippen LogP contribution in [0.4, 0.5) is 0 Å². The summed E-state index contributed by atoms with van der Waals surface area (Å²) in [7, 11) is 1.63. The number of carboxylic acids is 1. The van der Waals surface area contributed by atoms with E-state index in [9.17, 15) is 9.90 Å². The molecular formula is C26H44O6. The van der Waals surface area contributed by atoms with Gasteiger partial charge in [0.1, 0.15) is 0 Å². The normalized spacial score (nSPS) is 37.2. The Morgan fingerprint density at radius 2 is 1.94 bits per heavy atom. The maximum atomic E-state index is 11.1. The molecule has 0 aromatic carbocycles. The summed E-state index contributed by atoms with van der Waals surface area (Å²) in [6.45, 7) is 14.6. The van der Waals surface area contributed by atoms with E-state index in [1.54, 1.807) is 14.0 Å². The fraction of sp³-hybridized carbons (Fsp3) is 0.808. The summed E-state index contributed by atoms with van der Waals surface area (Å²) in [6.07, 6.45) is 7.16. The minimum atomic E-state index is -0.806. The van der Waals surface area contributed by atoms with Gasteiger partial charge in [0.15, 0.2) is 0 Å².